The molecule has 186 valence electrons. The van der Waals surface area contributed by atoms with Gasteiger partial charge in [0.1, 0.15) is 11.8 Å². The zero-order valence-corrected chi connectivity index (χ0v) is 20.2. The summed E-state index contributed by atoms with van der Waals surface area (Å²) in [4.78, 5) is 43.3. The number of ether oxygens (including phenoxy) is 1. The van der Waals surface area contributed by atoms with Gasteiger partial charge in [-0.2, -0.15) is 0 Å². The van der Waals surface area contributed by atoms with E-state index in [0.29, 0.717) is 38.0 Å². The number of hydrogen-bond donors (Lipinski definition) is 1. The number of carbonyl (C=O) groups is 3. The lowest BCUT2D eigenvalue weighted by Crippen LogP contribution is -2.59. The maximum absolute atomic E-state index is 13.9. The van der Waals surface area contributed by atoms with E-state index in [4.69, 9.17) is 9.15 Å². The maximum atomic E-state index is 13.9. The summed E-state index contributed by atoms with van der Waals surface area (Å²) in [6.07, 6.45) is 2.28. The molecule has 5 rings (SSSR count). The number of rotatable bonds is 5. The predicted octanol–water partition coefficient (Wildman–Crippen LogP) is 3.38. The summed E-state index contributed by atoms with van der Waals surface area (Å²) < 4.78 is 11.5. The molecule has 1 atom stereocenters. The van der Waals surface area contributed by atoms with Crippen molar-refractivity contribution >= 4 is 17.7 Å². The SMILES string of the molecule is Cc1ccccc1C(=O)N1C(C(=O)NCc2ccccc2)COC12CCN(C(=O)c1ccco1)CC2. The molecular formula is C28H29N3O5. The fourth-order valence-electron chi connectivity index (χ4n) is 5.03. The first kappa shape index (κ1) is 23.8. The minimum atomic E-state index is -0.964. The van der Waals surface area contributed by atoms with Crippen LogP contribution in [0.1, 0.15) is 44.9 Å². The summed E-state index contributed by atoms with van der Waals surface area (Å²) in [7, 11) is 0. The van der Waals surface area contributed by atoms with Crippen LogP contribution in [-0.4, -0.2) is 59.0 Å². The molecule has 1 N–H and O–H groups in total. The lowest BCUT2D eigenvalue weighted by molar-refractivity contribution is -0.128. The molecule has 2 fully saturated rings. The fourth-order valence-corrected chi connectivity index (χ4v) is 5.03. The normalized spacial score (nSPS) is 18.9. The first-order chi connectivity index (χ1) is 17.5. The summed E-state index contributed by atoms with van der Waals surface area (Å²) in [5.74, 6) is -0.408. The zero-order valence-electron chi connectivity index (χ0n) is 20.2. The standard InChI is InChI=1S/C28H29N3O5/c1-20-8-5-6-11-22(20)26(33)31-23(25(32)29-18-21-9-3-2-4-10-21)19-36-28(31)13-15-30(16-14-28)27(34)24-12-7-17-35-24/h2-12,17,23H,13-16,18-19H2,1H3,(H,29,32). The molecular weight excluding hydrogens is 458 g/mol. The van der Waals surface area contributed by atoms with Gasteiger partial charge in [-0.15, -0.1) is 0 Å². The van der Waals surface area contributed by atoms with Crippen LogP contribution in [0.3, 0.4) is 0 Å². The van der Waals surface area contributed by atoms with Gasteiger partial charge in [-0.25, -0.2) is 0 Å². The highest BCUT2D eigenvalue weighted by Gasteiger charge is 2.54. The van der Waals surface area contributed by atoms with Crippen molar-refractivity contribution in [2.75, 3.05) is 19.7 Å². The number of furan rings is 1. The van der Waals surface area contributed by atoms with E-state index in [1.807, 2.05) is 55.5 Å². The monoisotopic (exact) mass is 487 g/mol. The quantitative estimate of drug-likeness (QED) is 0.596. The first-order valence-corrected chi connectivity index (χ1v) is 12.2. The van der Waals surface area contributed by atoms with Crippen molar-refractivity contribution in [1.29, 1.82) is 0 Å². The Labute approximate surface area is 209 Å². The maximum Gasteiger partial charge on any atom is 0.289 e. The van der Waals surface area contributed by atoms with Crippen molar-refractivity contribution in [3.63, 3.8) is 0 Å². The summed E-state index contributed by atoms with van der Waals surface area (Å²) >= 11 is 0. The highest BCUT2D eigenvalue weighted by molar-refractivity contribution is 5.99. The highest BCUT2D eigenvalue weighted by Crippen LogP contribution is 2.39. The number of piperidine rings is 1. The Morgan fingerprint density at radius 3 is 2.36 bits per heavy atom. The van der Waals surface area contributed by atoms with Crippen LogP contribution in [0.4, 0.5) is 0 Å². The number of likely N-dealkylation sites (tertiary alicyclic amines) is 1. The molecule has 0 saturated carbocycles. The van der Waals surface area contributed by atoms with E-state index in [0.717, 1.165) is 11.1 Å². The molecule has 3 aromatic rings. The third kappa shape index (κ3) is 4.52. The van der Waals surface area contributed by atoms with Crippen molar-refractivity contribution in [3.8, 4) is 0 Å². The third-order valence-corrected chi connectivity index (χ3v) is 7.03. The molecule has 1 aromatic heterocycles. The zero-order chi connectivity index (χ0) is 25.1. The number of carbonyl (C=O) groups excluding carboxylic acids is 3. The van der Waals surface area contributed by atoms with E-state index in [2.05, 4.69) is 5.32 Å². The van der Waals surface area contributed by atoms with E-state index in [9.17, 15) is 14.4 Å². The molecule has 3 amide bonds. The molecule has 2 aliphatic heterocycles. The second-order valence-electron chi connectivity index (χ2n) is 9.24. The third-order valence-electron chi connectivity index (χ3n) is 7.03. The van der Waals surface area contributed by atoms with E-state index < -0.39 is 11.8 Å². The molecule has 1 unspecified atom stereocenters. The van der Waals surface area contributed by atoms with Gasteiger partial charge in [0.25, 0.3) is 11.8 Å². The summed E-state index contributed by atoms with van der Waals surface area (Å²) in [6.45, 7) is 3.11. The number of amides is 3. The molecule has 0 aliphatic carbocycles. The first-order valence-electron chi connectivity index (χ1n) is 12.2. The van der Waals surface area contributed by atoms with E-state index in [1.54, 1.807) is 28.0 Å². The van der Waals surface area contributed by atoms with Gasteiger partial charge in [-0.3, -0.25) is 19.3 Å². The van der Waals surface area contributed by atoms with Gasteiger partial charge in [0.05, 0.1) is 12.9 Å². The van der Waals surface area contributed by atoms with Crippen LogP contribution in [-0.2, 0) is 16.1 Å². The molecule has 8 heteroatoms. The average molecular weight is 488 g/mol. The summed E-state index contributed by atoms with van der Waals surface area (Å²) in [5.41, 5.74) is 1.38. The number of aryl methyl sites for hydroxylation is 1. The topological polar surface area (TPSA) is 92.1 Å². The lowest BCUT2D eigenvalue weighted by atomic mass is 9.95. The number of nitrogens with one attached hydrogen (secondary N) is 1. The molecule has 0 bridgehead atoms. The molecule has 0 radical (unpaired) electrons. The van der Waals surface area contributed by atoms with E-state index in [-0.39, 0.29) is 30.1 Å². The van der Waals surface area contributed by atoms with Gasteiger partial charge in [-0.05, 0) is 36.2 Å². The Morgan fingerprint density at radius 2 is 1.67 bits per heavy atom. The Kier molecular flexibility index (Phi) is 6.61. The van der Waals surface area contributed by atoms with Crippen molar-refractivity contribution in [1.82, 2.24) is 15.1 Å². The van der Waals surface area contributed by atoms with Crippen LogP contribution in [0.2, 0.25) is 0 Å². The minimum Gasteiger partial charge on any atom is -0.459 e. The van der Waals surface area contributed by atoms with Crippen molar-refractivity contribution in [2.45, 2.75) is 38.1 Å². The van der Waals surface area contributed by atoms with Gasteiger partial charge >= 0.3 is 0 Å². The highest BCUT2D eigenvalue weighted by atomic mass is 16.5. The Balaban J connectivity index is 1.38. The van der Waals surface area contributed by atoms with Crippen LogP contribution >= 0.6 is 0 Å². The summed E-state index contributed by atoms with van der Waals surface area (Å²) in [6, 6.07) is 19.5. The van der Waals surface area contributed by atoms with Gasteiger partial charge < -0.3 is 19.4 Å². The predicted molar refractivity (Wildman–Crippen MR) is 132 cm³/mol. The minimum absolute atomic E-state index is 0.102. The lowest BCUT2D eigenvalue weighted by Gasteiger charge is -2.44. The Morgan fingerprint density at radius 1 is 0.944 bits per heavy atom. The number of benzene rings is 2. The van der Waals surface area contributed by atoms with Crippen molar-refractivity contribution in [2.24, 2.45) is 0 Å². The fraction of sp³-hybridized carbons (Fsp3) is 0.321. The van der Waals surface area contributed by atoms with Crippen LogP contribution in [0.15, 0.2) is 77.4 Å². The Hall–Kier alpha value is -3.91. The van der Waals surface area contributed by atoms with Crippen LogP contribution in [0.25, 0.3) is 0 Å². The van der Waals surface area contributed by atoms with Crippen LogP contribution in [0, 0.1) is 6.92 Å². The molecule has 8 nitrogen and oxygen atoms in total. The second-order valence-corrected chi connectivity index (χ2v) is 9.24. The van der Waals surface area contributed by atoms with Crippen molar-refractivity contribution in [3.05, 3.63) is 95.4 Å². The van der Waals surface area contributed by atoms with Gasteiger partial charge in [0, 0.05) is 38.0 Å². The average Bonchev–Trinajstić information content (AvgIpc) is 3.57. The molecule has 1 spiro atoms. The second kappa shape index (κ2) is 9.99. The van der Waals surface area contributed by atoms with Crippen molar-refractivity contribution < 1.29 is 23.5 Å². The van der Waals surface area contributed by atoms with E-state index >= 15 is 0 Å². The smallest absolute Gasteiger partial charge is 0.289 e. The number of hydrogen-bond acceptors (Lipinski definition) is 5. The van der Waals surface area contributed by atoms with E-state index in [1.165, 1.54) is 6.26 Å². The summed E-state index contributed by atoms with van der Waals surface area (Å²) in [5, 5.41) is 2.97. The van der Waals surface area contributed by atoms with Crippen LogP contribution < -0.4 is 5.32 Å². The molecule has 3 heterocycles. The van der Waals surface area contributed by atoms with Gasteiger partial charge in [0.2, 0.25) is 5.91 Å². The van der Waals surface area contributed by atoms with Gasteiger partial charge in [-0.1, -0.05) is 48.5 Å². The van der Waals surface area contributed by atoms with Gasteiger partial charge in [0.15, 0.2) is 5.76 Å². The van der Waals surface area contributed by atoms with Crippen LogP contribution in [0.5, 0.6) is 0 Å². The molecule has 2 aromatic carbocycles. The molecule has 2 aliphatic rings. The largest absolute Gasteiger partial charge is 0.459 e. The number of nitrogens with zero attached hydrogens (tertiary/aromatic N) is 2. The molecule has 2 saturated heterocycles. The Bertz CT molecular complexity index is 1230. The molecule has 36 heavy (non-hydrogen) atoms.